The summed E-state index contributed by atoms with van der Waals surface area (Å²) in [5, 5.41) is 2.49. The van der Waals surface area contributed by atoms with E-state index in [-0.39, 0.29) is 0 Å². The van der Waals surface area contributed by atoms with Crippen molar-refractivity contribution in [2.24, 2.45) is 0 Å². The number of benzene rings is 2. The number of ether oxygens (including phenoxy) is 1. The van der Waals surface area contributed by atoms with Gasteiger partial charge in [0.05, 0.1) is 7.11 Å². The summed E-state index contributed by atoms with van der Waals surface area (Å²) in [4.78, 5) is 4.31. The van der Waals surface area contributed by atoms with Crippen LogP contribution < -0.4 is 4.74 Å². The standard InChI is InChI=1S/C17H14ClNO/c1-11-5-3-4-6-13(11)16-10-19-17(18)15-9-12(20-2)7-8-14(15)16/h3-10H,1-2H3. The number of rotatable bonds is 2. The lowest BCUT2D eigenvalue weighted by molar-refractivity contribution is 0.415. The van der Waals surface area contributed by atoms with E-state index in [0.717, 1.165) is 22.1 Å². The van der Waals surface area contributed by atoms with Crippen molar-refractivity contribution in [2.45, 2.75) is 6.92 Å². The third kappa shape index (κ3) is 2.12. The van der Waals surface area contributed by atoms with E-state index in [9.17, 15) is 0 Å². The minimum Gasteiger partial charge on any atom is -0.497 e. The molecule has 0 bridgehead atoms. The highest BCUT2D eigenvalue weighted by molar-refractivity contribution is 6.34. The topological polar surface area (TPSA) is 22.1 Å². The van der Waals surface area contributed by atoms with Gasteiger partial charge in [0.2, 0.25) is 0 Å². The summed E-state index contributed by atoms with van der Waals surface area (Å²) in [6.07, 6.45) is 1.83. The lowest BCUT2D eigenvalue weighted by atomic mass is 9.97. The first kappa shape index (κ1) is 12.9. The van der Waals surface area contributed by atoms with E-state index in [1.54, 1.807) is 7.11 Å². The highest BCUT2D eigenvalue weighted by Gasteiger charge is 2.10. The van der Waals surface area contributed by atoms with Gasteiger partial charge in [0.25, 0.3) is 0 Å². The van der Waals surface area contributed by atoms with Gasteiger partial charge in [-0.15, -0.1) is 0 Å². The van der Waals surface area contributed by atoms with Gasteiger partial charge in [-0.25, -0.2) is 4.98 Å². The summed E-state index contributed by atoms with van der Waals surface area (Å²) >= 11 is 6.22. The van der Waals surface area contributed by atoms with Gasteiger partial charge in [-0.2, -0.15) is 0 Å². The molecular weight excluding hydrogens is 270 g/mol. The predicted octanol–water partition coefficient (Wildman–Crippen LogP) is 4.87. The first-order valence-corrected chi connectivity index (χ1v) is 6.77. The Labute approximate surface area is 123 Å². The summed E-state index contributed by atoms with van der Waals surface area (Å²) in [6, 6.07) is 14.2. The van der Waals surface area contributed by atoms with Gasteiger partial charge >= 0.3 is 0 Å². The van der Waals surface area contributed by atoms with Gasteiger partial charge in [-0.05, 0) is 41.6 Å². The molecule has 3 rings (SSSR count). The van der Waals surface area contributed by atoms with Crippen molar-refractivity contribution in [3.8, 4) is 16.9 Å². The average molecular weight is 284 g/mol. The fraction of sp³-hybridized carbons (Fsp3) is 0.118. The van der Waals surface area contributed by atoms with E-state index < -0.39 is 0 Å². The molecule has 0 aliphatic rings. The number of hydrogen-bond acceptors (Lipinski definition) is 2. The second-order valence-corrected chi connectivity index (χ2v) is 5.05. The van der Waals surface area contributed by atoms with Crippen molar-refractivity contribution in [1.82, 2.24) is 4.98 Å². The van der Waals surface area contributed by atoms with Crippen LogP contribution in [0.1, 0.15) is 5.56 Å². The number of hydrogen-bond donors (Lipinski definition) is 0. The molecule has 100 valence electrons. The van der Waals surface area contributed by atoms with Crippen molar-refractivity contribution >= 4 is 22.4 Å². The molecular formula is C17H14ClNO. The van der Waals surface area contributed by atoms with Crippen LogP contribution in [0.15, 0.2) is 48.7 Å². The SMILES string of the molecule is COc1ccc2c(-c3ccccc3C)cnc(Cl)c2c1. The lowest BCUT2D eigenvalue weighted by Crippen LogP contribution is -1.90. The second-order valence-electron chi connectivity index (χ2n) is 4.69. The van der Waals surface area contributed by atoms with E-state index in [4.69, 9.17) is 16.3 Å². The van der Waals surface area contributed by atoms with Crippen molar-refractivity contribution in [1.29, 1.82) is 0 Å². The minimum absolute atomic E-state index is 0.497. The quantitative estimate of drug-likeness (QED) is 0.626. The molecule has 0 aliphatic carbocycles. The molecule has 1 aromatic heterocycles. The van der Waals surface area contributed by atoms with Crippen LogP contribution >= 0.6 is 11.6 Å². The van der Waals surface area contributed by atoms with E-state index in [2.05, 4.69) is 24.0 Å². The van der Waals surface area contributed by atoms with Crippen molar-refractivity contribution in [3.05, 3.63) is 59.4 Å². The zero-order valence-corrected chi connectivity index (χ0v) is 12.1. The Hall–Kier alpha value is -2.06. The Balaban J connectivity index is 2.33. The fourth-order valence-corrected chi connectivity index (χ4v) is 2.61. The molecule has 20 heavy (non-hydrogen) atoms. The fourth-order valence-electron chi connectivity index (χ4n) is 2.41. The van der Waals surface area contributed by atoms with Crippen LogP contribution in [0.25, 0.3) is 21.9 Å². The van der Waals surface area contributed by atoms with E-state index in [1.165, 1.54) is 11.1 Å². The van der Waals surface area contributed by atoms with Crippen LogP contribution in [-0.4, -0.2) is 12.1 Å². The first-order chi connectivity index (χ1) is 9.70. The zero-order chi connectivity index (χ0) is 14.1. The zero-order valence-electron chi connectivity index (χ0n) is 11.4. The van der Waals surface area contributed by atoms with E-state index >= 15 is 0 Å². The van der Waals surface area contributed by atoms with E-state index in [1.807, 2.05) is 36.5 Å². The minimum atomic E-state index is 0.497. The van der Waals surface area contributed by atoms with Crippen molar-refractivity contribution in [3.63, 3.8) is 0 Å². The molecule has 2 nitrogen and oxygen atoms in total. The third-order valence-corrected chi connectivity index (χ3v) is 3.78. The van der Waals surface area contributed by atoms with Gasteiger partial charge < -0.3 is 4.74 Å². The molecule has 0 atom stereocenters. The lowest BCUT2D eigenvalue weighted by Gasteiger charge is -2.11. The number of halogens is 1. The molecule has 0 saturated heterocycles. The maximum Gasteiger partial charge on any atom is 0.137 e. The summed E-state index contributed by atoms with van der Waals surface area (Å²) in [6.45, 7) is 2.10. The average Bonchev–Trinajstić information content (AvgIpc) is 2.48. The Kier molecular flexibility index (Phi) is 3.33. The van der Waals surface area contributed by atoms with E-state index in [0.29, 0.717) is 5.15 Å². The second kappa shape index (κ2) is 5.14. The van der Waals surface area contributed by atoms with Crippen molar-refractivity contribution < 1.29 is 4.74 Å². The predicted molar refractivity (Wildman–Crippen MR) is 83.5 cm³/mol. The number of methoxy groups -OCH3 is 1. The number of aryl methyl sites for hydroxylation is 1. The molecule has 3 heteroatoms. The summed E-state index contributed by atoms with van der Waals surface area (Å²) in [5.41, 5.74) is 3.48. The number of fused-ring (bicyclic) bond motifs is 1. The maximum absolute atomic E-state index is 6.22. The third-order valence-electron chi connectivity index (χ3n) is 3.48. The molecule has 0 fully saturated rings. The molecule has 0 saturated carbocycles. The summed E-state index contributed by atoms with van der Waals surface area (Å²) in [7, 11) is 1.65. The molecule has 0 aliphatic heterocycles. The molecule has 0 radical (unpaired) electrons. The number of nitrogens with zero attached hydrogens (tertiary/aromatic N) is 1. The van der Waals surface area contributed by atoms with Crippen LogP contribution in [0.4, 0.5) is 0 Å². The summed E-state index contributed by atoms with van der Waals surface area (Å²) in [5.74, 6) is 0.781. The van der Waals surface area contributed by atoms with Crippen LogP contribution in [0.2, 0.25) is 5.15 Å². The Morgan fingerprint density at radius 3 is 2.55 bits per heavy atom. The molecule has 0 spiro atoms. The van der Waals surface area contributed by atoms with Crippen LogP contribution in [0, 0.1) is 6.92 Å². The highest BCUT2D eigenvalue weighted by Crippen LogP contribution is 2.34. The van der Waals surface area contributed by atoms with Gasteiger partial charge in [0.15, 0.2) is 0 Å². The van der Waals surface area contributed by atoms with Gasteiger partial charge in [0.1, 0.15) is 10.9 Å². The molecule has 1 heterocycles. The number of aromatic nitrogens is 1. The molecule has 3 aromatic rings. The highest BCUT2D eigenvalue weighted by atomic mass is 35.5. The monoisotopic (exact) mass is 283 g/mol. The largest absolute Gasteiger partial charge is 0.497 e. The van der Waals surface area contributed by atoms with Crippen LogP contribution in [-0.2, 0) is 0 Å². The van der Waals surface area contributed by atoms with Crippen LogP contribution in [0.5, 0.6) is 5.75 Å². The van der Waals surface area contributed by atoms with Crippen molar-refractivity contribution in [2.75, 3.05) is 7.11 Å². The van der Waals surface area contributed by atoms with Gasteiger partial charge in [-0.1, -0.05) is 35.9 Å². The van der Waals surface area contributed by atoms with Crippen LogP contribution in [0.3, 0.4) is 0 Å². The Bertz CT molecular complexity index is 783. The molecule has 2 aromatic carbocycles. The smallest absolute Gasteiger partial charge is 0.137 e. The molecule has 0 unspecified atom stereocenters. The Morgan fingerprint density at radius 2 is 1.80 bits per heavy atom. The first-order valence-electron chi connectivity index (χ1n) is 6.39. The number of pyridine rings is 1. The normalized spacial score (nSPS) is 10.8. The maximum atomic E-state index is 6.22. The van der Waals surface area contributed by atoms with Gasteiger partial charge in [0, 0.05) is 17.1 Å². The summed E-state index contributed by atoms with van der Waals surface area (Å²) < 4.78 is 5.26. The molecule has 0 N–H and O–H groups in total. The van der Waals surface area contributed by atoms with Gasteiger partial charge in [-0.3, -0.25) is 0 Å². The Morgan fingerprint density at radius 1 is 1.00 bits per heavy atom. The molecule has 0 amide bonds.